The van der Waals surface area contributed by atoms with Crippen molar-refractivity contribution in [1.82, 2.24) is 9.88 Å². The zero-order valence-corrected chi connectivity index (χ0v) is 12.9. The molecule has 0 aromatic carbocycles. The molecule has 20 heavy (non-hydrogen) atoms. The normalized spacial score (nSPS) is 11.7. The second-order valence-electron chi connectivity index (χ2n) is 4.79. The molecular formula is C15H22N2O2S. The summed E-state index contributed by atoms with van der Waals surface area (Å²) < 4.78 is 5.37. The van der Waals surface area contributed by atoms with E-state index in [1.807, 2.05) is 12.1 Å². The molecule has 0 aliphatic carbocycles. The van der Waals surface area contributed by atoms with Crippen LogP contribution in [0.5, 0.6) is 0 Å². The third-order valence-electron chi connectivity index (χ3n) is 3.49. The summed E-state index contributed by atoms with van der Waals surface area (Å²) in [4.78, 5) is 6.93. The molecule has 2 aromatic heterocycles. The lowest BCUT2D eigenvalue weighted by Gasteiger charge is -2.29. The molecule has 5 heteroatoms. The highest BCUT2D eigenvalue weighted by Gasteiger charge is 2.17. The topological polar surface area (TPSA) is 49.5 Å². The van der Waals surface area contributed by atoms with E-state index in [9.17, 15) is 5.11 Å². The molecule has 0 aliphatic rings. The monoisotopic (exact) mass is 294 g/mol. The van der Waals surface area contributed by atoms with Crippen molar-refractivity contribution in [3.63, 3.8) is 0 Å². The Hall–Kier alpha value is -1.17. The molecule has 0 radical (unpaired) electrons. The summed E-state index contributed by atoms with van der Waals surface area (Å²) in [6, 6.07) is 4.30. The van der Waals surface area contributed by atoms with Crippen molar-refractivity contribution >= 4 is 11.3 Å². The van der Waals surface area contributed by atoms with E-state index in [1.165, 1.54) is 0 Å². The first-order valence-electron chi connectivity index (χ1n) is 7.11. The zero-order valence-electron chi connectivity index (χ0n) is 12.1. The fourth-order valence-corrected chi connectivity index (χ4v) is 3.20. The number of aliphatic hydroxyl groups is 1. The van der Waals surface area contributed by atoms with Gasteiger partial charge in [0.15, 0.2) is 10.8 Å². The van der Waals surface area contributed by atoms with Crippen molar-refractivity contribution in [2.24, 2.45) is 0 Å². The Balaban J connectivity index is 2.07. The molecule has 0 spiro atoms. The highest BCUT2D eigenvalue weighted by atomic mass is 32.1. The van der Waals surface area contributed by atoms with E-state index in [0.29, 0.717) is 12.6 Å². The molecule has 2 aromatic rings. The van der Waals surface area contributed by atoms with Gasteiger partial charge in [0.25, 0.3) is 0 Å². The highest BCUT2D eigenvalue weighted by Crippen LogP contribution is 2.25. The first-order chi connectivity index (χ1) is 9.78. The average Bonchev–Trinajstić information content (AvgIpc) is 3.10. The van der Waals surface area contributed by atoms with Gasteiger partial charge in [0, 0.05) is 24.5 Å². The maximum atomic E-state index is 9.24. The number of hydrogen-bond donors (Lipinski definition) is 1. The summed E-state index contributed by atoms with van der Waals surface area (Å²) in [5, 5.41) is 12.2. The summed E-state index contributed by atoms with van der Waals surface area (Å²) in [7, 11) is 0. The van der Waals surface area contributed by atoms with E-state index in [2.05, 4.69) is 29.1 Å². The summed E-state index contributed by atoms with van der Waals surface area (Å²) in [6.45, 7) is 6.04. The summed E-state index contributed by atoms with van der Waals surface area (Å²) >= 11 is 1.60. The van der Waals surface area contributed by atoms with Gasteiger partial charge in [-0.2, -0.15) is 0 Å². The SMILES string of the molecule is CCC(CC)N(CCO)Cc1csc(-c2ccco2)n1. The van der Waals surface area contributed by atoms with Gasteiger partial charge in [-0.15, -0.1) is 11.3 Å². The van der Waals surface area contributed by atoms with Crippen LogP contribution >= 0.6 is 11.3 Å². The Morgan fingerprint density at radius 2 is 2.20 bits per heavy atom. The predicted octanol–water partition coefficient (Wildman–Crippen LogP) is 3.39. The average molecular weight is 294 g/mol. The van der Waals surface area contributed by atoms with Crippen LogP contribution in [-0.4, -0.2) is 34.2 Å². The van der Waals surface area contributed by atoms with Crippen molar-refractivity contribution < 1.29 is 9.52 Å². The van der Waals surface area contributed by atoms with Crippen LogP contribution in [0, 0.1) is 0 Å². The number of rotatable bonds is 8. The Morgan fingerprint density at radius 3 is 2.80 bits per heavy atom. The Bertz CT molecular complexity index is 492. The molecule has 0 bridgehead atoms. The van der Waals surface area contributed by atoms with Crippen molar-refractivity contribution in [2.75, 3.05) is 13.2 Å². The fraction of sp³-hybridized carbons (Fsp3) is 0.533. The Labute approximate surface area is 124 Å². The molecule has 1 N–H and O–H groups in total. The second-order valence-corrected chi connectivity index (χ2v) is 5.64. The number of hydrogen-bond acceptors (Lipinski definition) is 5. The van der Waals surface area contributed by atoms with Gasteiger partial charge in [-0.1, -0.05) is 13.8 Å². The first-order valence-corrected chi connectivity index (χ1v) is 7.99. The predicted molar refractivity (Wildman–Crippen MR) is 81.7 cm³/mol. The van der Waals surface area contributed by atoms with Gasteiger partial charge in [-0.25, -0.2) is 4.98 Å². The third kappa shape index (κ3) is 3.69. The van der Waals surface area contributed by atoms with Gasteiger partial charge in [-0.05, 0) is 25.0 Å². The van der Waals surface area contributed by atoms with Crippen LogP contribution < -0.4 is 0 Å². The molecular weight excluding hydrogens is 272 g/mol. The number of furan rings is 1. The van der Waals surface area contributed by atoms with Crippen LogP contribution in [0.1, 0.15) is 32.4 Å². The van der Waals surface area contributed by atoms with E-state index in [4.69, 9.17) is 4.42 Å². The van der Waals surface area contributed by atoms with Crippen LogP contribution in [-0.2, 0) is 6.54 Å². The standard InChI is InChI=1S/C15H22N2O2S/c1-3-13(4-2)17(7-8-18)10-12-11-20-15(16-12)14-6-5-9-19-14/h5-6,9,11,13,18H,3-4,7-8,10H2,1-2H3. The third-order valence-corrected chi connectivity index (χ3v) is 4.40. The zero-order chi connectivity index (χ0) is 14.4. The van der Waals surface area contributed by atoms with Gasteiger partial charge in [0.1, 0.15) is 0 Å². The van der Waals surface area contributed by atoms with Crippen molar-refractivity contribution in [3.05, 3.63) is 29.5 Å². The van der Waals surface area contributed by atoms with E-state index < -0.39 is 0 Å². The van der Waals surface area contributed by atoms with Crippen LogP contribution in [0.3, 0.4) is 0 Å². The largest absolute Gasteiger partial charge is 0.462 e. The maximum absolute atomic E-state index is 9.24. The minimum Gasteiger partial charge on any atom is -0.462 e. The van der Waals surface area contributed by atoms with Gasteiger partial charge in [-0.3, -0.25) is 4.90 Å². The highest BCUT2D eigenvalue weighted by molar-refractivity contribution is 7.13. The van der Waals surface area contributed by atoms with E-state index in [0.717, 1.165) is 35.8 Å². The minimum absolute atomic E-state index is 0.186. The summed E-state index contributed by atoms with van der Waals surface area (Å²) in [5.74, 6) is 0.817. The minimum atomic E-state index is 0.186. The van der Waals surface area contributed by atoms with Gasteiger partial charge in [0.2, 0.25) is 0 Å². The number of aliphatic hydroxyl groups excluding tert-OH is 1. The van der Waals surface area contributed by atoms with Crippen LogP contribution in [0.25, 0.3) is 10.8 Å². The van der Waals surface area contributed by atoms with Gasteiger partial charge >= 0.3 is 0 Å². The van der Waals surface area contributed by atoms with E-state index in [1.54, 1.807) is 17.6 Å². The Morgan fingerprint density at radius 1 is 1.40 bits per heavy atom. The molecule has 2 rings (SSSR count). The molecule has 0 fully saturated rings. The summed E-state index contributed by atoms with van der Waals surface area (Å²) in [6.07, 6.45) is 3.84. The molecule has 0 atom stereocenters. The lowest BCUT2D eigenvalue weighted by molar-refractivity contribution is 0.135. The number of nitrogens with zero attached hydrogens (tertiary/aromatic N) is 2. The van der Waals surface area contributed by atoms with Crippen LogP contribution in [0.4, 0.5) is 0 Å². The molecule has 0 unspecified atom stereocenters. The first kappa shape index (κ1) is 15.2. The molecule has 4 nitrogen and oxygen atoms in total. The van der Waals surface area contributed by atoms with E-state index >= 15 is 0 Å². The van der Waals surface area contributed by atoms with Gasteiger partial charge < -0.3 is 9.52 Å². The molecule has 2 heterocycles. The molecule has 110 valence electrons. The maximum Gasteiger partial charge on any atom is 0.162 e. The van der Waals surface area contributed by atoms with Crippen molar-refractivity contribution in [2.45, 2.75) is 39.3 Å². The van der Waals surface area contributed by atoms with Crippen LogP contribution in [0.2, 0.25) is 0 Å². The van der Waals surface area contributed by atoms with Crippen molar-refractivity contribution in [1.29, 1.82) is 0 Å². The van der Waals surface area contributed by atoms with Gasteiger partial charge in [0.05, 0.1) is 18.6 Å². The molecule has 0 saturated carbocycles. The molecule has 0 saturated heterocycles. The van der Waals surface area contributed by atoms with E-state index in [-0.39, 0.29) is 6.61 Å². The van der Waals surface area contributed by atoms with Crippen molar-refractivity contribution in [3.8, 4) is 10.8 Å². The molecule has 0 aliphatic heterocycles. The quantitative estimate of drug-likeness (QED) is 0.811. The Kier molecular flexibility index (Phi) is 5.76. The van der Waals surface area contributed by atoms with Crippen LogP contribution in [0.15, 0.2) is 28.2 Å². The molecule has 0 amide bonds. The lowest BCUT2D eigenvalue weighted by atomic mass is 10.1. The second kappa shape index (κ2) is 7.57. The summed E-state index contributed by atoms with van der Waals surface area (Å²) in [5.41, 5.74) is 1.04. The number of thiazole rings is 1. The lowest BCUT2D eigenvalue weighted by Crippen LogP contribution is -2.36. The smallest absolute Gasteiger partial charge is 0.162 e. The number of aromatic nitrogens is 1. The fourth-order valence-electron chi connectivity index (χ4n) is 2.43.